The zero-order valence-electron chi connectivity index (χ0n) is 9.81. The summed E-state index contributed by atoms with van der Waals surface area (Å²) in [5.74, 6) is 5.50. The summed E-state index contributed by atoms with van der Waals surface area (Å²) in [6.07, 6.45) is 8.50. The van der Waals surface area contributed by atoms with E-state index in [-0.39, 0.29) is 0 Å². The molecule has 84 valence electrons. The summed E-state index contributed by atoms with van der Waals surface area (Å²) < 4.78 is 0. The predicted molar refractivity (Wildman–Crippen MR) is 63.9 cm³/mol. The molecule has 0 fully saturated rings. The van der Waals surface area contributed by atoms with Crippen LogP contribution >= 0.6 is 0 Å². The Kier molecular flexibility index (Phi) is 9.00. The second-order valence-corrected chi connectivity index (χ2v) is 4.02. The number of hydrazine groups is 1. The minimum absolute atomic E-state index is 0.430. The fraction of sp³-hybridized carbons (Fsp3) is 0.833. The first kappa shape index (κ1) is 13.7. The van der Waals surface area contributed by atoms with Crippen molar-refractivity contribution < 1.29 is 0 Å². The van der Waals surface area contributed by atoms with Crippen molar-refractivity contribution in [2.75, 3.05) is 0 Å². The topological polar surface area (TPSA) is 38.0 Å². The standard InChI is InChI=1S/C12H26N2/c1-4-6-7-8-9-12(14-13)10-11(3)5-2/h12,14H,3-10,13H2,1-2H3. The molecule has 0 amide bonds. The van der Waals surface area contributed by atoms with E-state index in [4.69, 9.17) is 5.84 Å². The average molecular weight is 198 g/mol. The third-order valence-electron chi connectivity index (χ3n) is 2.68. The SMILES string of the molecule is C=C(CC)CC(CCCCCC)NN. The molecule has 1 atom stereocenters. The fourth-order valence-corrected chi connectivity index (χ4v) is 1.55. The number of nitrogens with two attached hydrogens (primary N) is 1. The molecule has 0 aliphatic rings. The summed E-state index contributed by atoms with van der Waals surface area (Å²) in [6, 6.07) is 0.430. The van der Waals surface area contributed by atoms with Gasteiger partial charge in [0, 0.05) is 6.04 Å². The molecular weight excluding hydrogens is 172 g/mol. The molecule has 0 radical (unpaired) electrons. The van der Waals surface area contributed by atoms with Gasteiger partial charge in [-0.05, 0) is 19.3 Å². The Bertz CT molecular complexity index is 143. The normalized spacial score (nSPS) is 12.8. The van der Waals surface area contributed by atoms with Crippen molar-refractivity contribution in [1.29, 1.82) is 0 Å². The van der Waals surface area contributed by atoms with Crippen LogP contribution in [0.25, 0.3) is 0 Å². The molecule has 1 unspecified atom stereocenters. The smallest absolute Gasteiger partial charge is 0.0247 e. The highest BCUT2D eigenvalue weighted by Crippen LogP contribution is 2.12. The van der Waals surface area contributed by atoms with Crippen LogP contribution in [-0.2, 0) is 0 Å². The summed E-state index contributed by atoms with van der Waals surface area (Å²) in [5, 5.41) is 0. The zero-order valence-corrected chi connectivity index (χ0v) is 9.81. The van der Waals surface area contributed by atoms with Crippen LogP contribution in [0.5, 0.6) is 0 Å². The lowest BCUT2D eigenvalue weighted by molar-refractivity contribution is 0.459. The first-order valence-electron chi connectivity index (χ1n) is 5.87. The molecule has 2 nitrogen and oxygen atoms in total. The van der Waals surface area contributed by atoms with Gasteiger partial charge < -0.3 is 0 Å². The second kappa shape index (κ2) is 9.22. The van der Waals surface area contributed by atoms with Crippen molar-refractivity contribution in [3.8, 4) is 0 Å². The number of nitrogens with one attached hydrogen (secondary N) is 1. The van der Waals surface area contributed by atoms with E-state index < -0.39 is 0 Å². The molecule has 3 N–H and O–H groups in total. The number of rotatable bonds is 9. The van der Waals surface area contributed by atoms with Crippen LogP contribution in [-0.4, -0.2) is 6.04 Å². The number of unbranched alkanes of at least 4 members (excludes halogenated alkanes) is 3. The molecule has 0 aliphatic carbocycles. The van der Waals surface area contributed by atoms with Crippen molar-refractivity contribution in [2.45, 2.75) is 64.8 Å². The minimum Gasteiger partial charge on any atom is -0.271 e. The maximum Gasteiger partial charge on any atom is 0.0247 e. The van der Waals surface area contributed by atoms with Gasteiger partial charge in [-0.15, -0.1) is 0 Å². The Morgan fingerprint density at radius 3 is 2.50 bits per heavy atom. The van der Waals surface area contributed by atoms with Gasteiger partial charge >= 0.3 is 0 Å². The van der Waals surface area contributed by atoms with Crippen LogP contribution < -0.4 is 11.3 Å². The highest BCUT2D eigenvalue weighted by Gasteiger charge is 2.06. The summed E-state index contributed by atoms with van der Waals surface area (Å²) >= 11 is 0. The largest absolute Gasteiger partial charge is 0.271 e. The molecule has 0 aromatic carbocycles. The first-order chi connectivity index (χ1) is 6.74. The molecule has 0 aliphatic heterocycles. The molecule has 0 saturated heterocycles. The third kappa shape index (κ3) is 7.10. The summed E-state index contributed by atoms with van der Waals surface area (Å²) in [7, 11) is 0. The lowest BCUT2D eigenvalue weighted by Crippen LogP contribution is -2.35. The highest BCUT2D eigenvalue weighted by molar-refractivity contribution is 4.95. The molecule has 2 heteroatoms. The van der Waals surface area contributed by atoms with Crippen molar-refractivity contribution in [2.24, 2.45) is 5.84 Å². The molecule has 14 heavy (non-hydrogen) atoms. The van der Waals surface area contributed by atoms with Crippen molar-refractivity contribution in [3.63, 3.8) is 0 Å². The van der Waals surface area contributed by atoms with Crippen LogP contribution in [0.15, 0.2) is 12.2 Å². The minimum atomic E-state index is 0.430. The van der Waals surface area contributed by atoms with Gasteiger partial charge in [0.05, 0.1) is 0 Å². The van der Waals surface area contributed by atoms with Crippen LogP contribution in [0.3, 0.4) is 0 Å². The van der Waals surface area contributed by atoms with Crippen LogP contribution in [0, 0.1) is 0 Å². The van der Waals surface area contributed by atoms with E-state index in [2.05, 4.69) is 25.9 Å². The molecule has 0 bridgehead atoms. The Morgan fingerprint density at radius 2 is 2.00 bits per heavy atom. The van der Waals surface area contributed by atoms with Gasteiger partial charge in [-0.2, -0.15) is 0 Å². The lowest BCUT2D eigenvalue weighted by Gasteiger charge is -2.16. The third-order valence-corrected chi connectivity index (χ3v) is 2.68. The van der Waals surface area contributed by atoms with Gasteiger partial charge in [0.1, 0.15) is 0 Å². The number of hydrogen-bond acceptors (Lipinski definition) is 2. The maximum absolute atomic E-state index is 5.50. The van der Waals surface area contributed by atoms with Crippen molar-refractivity contribution in [3.05, 3.63) is 12.2 Å². The second-order valence-electron chi connectivity index (χ2n) is 4.02. The maximum atomic E-state index is 5.50. The van der Waals surface area contributed by atoms with Gasteiger partial charge in [-0.25, -0.2) is 0 Å². The first-order valence-corrected chi connectivity index (χ1v) is 5.87. The summed E-state index contributed by atoms with van der Waals surface area (Å²) in [6.45, 7) is 8.39. The predicted octanol–water partition coefficient (Wildman–Crippen LogP) is 3.15. The van der Waals surface area contributed by atoms with E-state index in [1.54, 1.807) is 0 Å². The van der Waals surface area contributed by atoms with Crippen LogP contribution in [0.4, 0.5) is 0 Å². The van der Waals surface area contributed by atoms with Crippen LogP contribution in [0.2, 0.25) is 0 Å². The lowest BCUT2D eigenvalue weighted by atomic mass is 10.0. The Labute approximate surface area is 88.9 Å². The highest BCUT2D eigenvalue weighted by atomic mass is 15.2. The van der Waals surface area contributed by atoms with Gasteiger partial charge in [0.2, 0.25) is 0 Å². The Balaban J connectivity index is 3.52. The van der Waals surface area contributed by atoms with Gasteiger partial charge in [-0.3, -0.25) is 11.3 Å². The Hall–Kier alpha value is -0.340. The van der Waals surface area contributed by atoms with Gasteiger partial charge in [-0.1, -0.05) is 51.7 Å². The summed E-state index contributed by atoms with van der Waals surface area (Å²) in [4.78, 5) is 0. The molecule has 0 rings (SSSR count). The van der Waals surface area contributed by atoms with E-state index in [1.165, 1.54) is 37.7 Å². The molecule has 0 aromatic rings. The van der Waals surface area contributed by atoms with Gasteiger partial charge in [0.15, 0.2) is 0 Å². The van der Waals surface area contributed by atoms with Gasteiger partial charge in [0.25, 0.3) is 0 Å². The molecule has 0 aromatic heterocycles. The van der Waals surface area contributed by atoms with E-state index in [1.807, 2.05) is 0 Å². The molecule has 0 heterocycles. The fourth-order valence-electron chi connectivity index (χ4n) is 1.55. The van der Waals surface area contributed by atoms with E-state index in [9.17, 15) is 0 Å². The van der Waals surface area contributed by atoms with Crippen molar-refractivity contribution >= 4 is 0 Å². The Morgan fingerprint density at radius 1 is 1.29 bits per heavy atom. The zero-order chi connectivity index (χ0) is 10.8. The quantitative estimate of drug-likeness (QED) is 0.258. The molecule has 0 spiro atoms. The van der Waals surface area contributed by atoms with E-state index >= 15 is 0 Å². The molecular formula is C12H26N2. The molecule has 0 saturated carbocycles. The van der Waals surface area contributed by atoms with E-state index in [0.29, 0.717) is 6.04 Å². The van der Waals surface area contributed by atoms with Crippen LogP contribution in [0.1, 0.15) is 58.8 Å². The van der Waals surface area contributed by atoms with Crippen molar-refractivity contribution in [1.82, 2.24) is 5.43 Å². The summed E-state index contributed by atoms with van der Waals surface area (Å²) in [5.41, 5.74) is 4.18. The number of hydrogen-bond donors (Lipinski definition) is 2. The van der Waals surface area contributed by atoms with E-state index in [0.717, 1.165) is 12.8 Å². The monoisotopic (exact) mass is 198 g/mol. The average Bonchev–Trinajstić information content (AvgIpc) is 2.22.